The maximum atomic E-state index is 10.7. The molecule has 0 aromatic carbocycles. The van der Waals surface area contributed by atoms with Gasteiger partial charge in [-0.1, -0.05) is 12.2 Å². The molecule has 0 bridgehead atoms. The van der Waals surface area contributed by atoms with Crippen LogP contribution >= 0.6 is 0 Å². The Bertz CT molecular complexity index is 179. The molecule has 3 heteroatoms. The van der Waals surface area contributed by atoms with Crippen molar-refractivity contribution in [3.63, 3.8) is 0 Å². The van der Waals surface area contributed by atoms with Crippen LogP contribution in [0.5, 0.6) is 0 Å². The normalized spacial score (nSPS) is 25.6. The largest absolute Gasteiger partial charge is 0.310 e. The second kappa shape index (κ2) is 5.49. The second-order valence-corrected chi connectivity index (χ2v) is 4.75. The van der Waals surface area contributed by atoms with Gasteiger partial charge in [0.1, 0.15) is 0 Å². The molecule has 0 fully saturated rings. The Morgan fingerprint density at radius 1 is 1.67 bits per heavy atom. The summed E-state index contributed by atoms with van der Waals surface area (Å²) < 4.78 is 10.7. The van der Waals surface area contributed by atoms with Crippen LogP contribution in [0.1, 0.15) is 19.3 Å². The van der Waals surface area contributed by atoms with Crippen molar-refractivity contribution in [2.45, 2.75) is 25.3 Å². The molecular weight excluding hydrogens is 170 g/mol. The van der Waals surface area contributed by atoms with E-state index in [1.165, 1.54) is 19.3 Å². The van der Waals surface area contributed by atoms with E-state index in [9.17, 15) is 4.21 Å². The van der Waals surface area contributed by atoms with Gasteiger partial charge in [0.25, 0.3) is 0 Å². The molecule has 0 heterocycles. The lowest BCUT2D eigenvalue weighted by atomic mass is 10.0. The van der Waals surface area contributed by atoms with Crippen LogP contribution in [0, 0.1) is 0 Å². The van der Waals surface area contributed by atoms with Gasteiger partial charge in [0.2, 0.25) is 0 Å². The molecule has 0 spiro atoms. The summed E-state index contributed by atoms with van der Waals surface area (Å²) >= 11 is 0. The fraction of sp³-hybridized carbons (Fsp3) is 0.778. The van der Waals surface area contributed by atoms with E-state index < -0.39 is 10.8 Å². The zero-order valence-electron chi connectivity index (χ0n) is 7.58. The molecule has 0 saturated carbocycles. The zero-order chi connectivity index (χ0) is 8.81. The van der Waals surface area contributed by atoms with E-state index in [1.807, 2.05) is 0 Å². The smallest absolute Gasteiger partial charge is 0.0357 e. The van der Waals surface area contributed by atoms with Gasteiger partial charge in [-0.25, -0.2) is 0 Å². The van der Waals surface area contributed by atoms with E-state index in [1.54, 1.807) is 6.26 Å². The Labute approximate surface area is 76.9 Å². The van der Waals surface area contributed by atoms with E-state index in [0.29, 0.717) is 6.04 Å². The molecule has 1 rings (SSSR count). The van der Waals surface area contributed by atoms with Crippen LogP contribution in [0.4, 0.5) is 0 Å². The minimum Gasteiger partial charge on any atom is -0.310 e. The molecule has 0 aromatic heterocycles. The van der Waals surface area contributed by atoms with Crippen LogP contribution in [-0.2, 0) is 10.8 Å². The highest BCUT2D eigenvalue weighted by Crippen LogP contribution is 2.09. The molecule has 0 radical (unpaired) electrons. The van der Waals surface area contributed by atoms with Crippen LogP contribution in [0.25, 0.3) is 0 Å². The summed E-state index contributed by atoms with van der Waals surface area (Å²) in [5, 5.41) is 3.37. The Balaban J connectivity index is 2.09. The topological polar surface area (TPSA) is 29.1 Å². The van der Waals surface area contributed by atoms with Crippen molar-refractivity contribution < 1.29 is 4.21 Å². The van der Waals surface area contributed by atoms with E-state index in [0.717, 1.165) is 12.3 Å². The Kier molecular flexibility index (Phi) is 4.54. The van der Waals surface area contributed by atoms with Crippen LogP contribution in [0.3, 0.4) is 0 Å². The number of nitrogens with one attached hydrogen (secondary N) is 1. The first-order valence-corrected chi connectivity index (χ1v) is 6.22. The lowest BCUT2D eigenvalue weighted by Crippen LogP contribution is -2.31. The van der Waals surface area contributed by atoms with Crippen LogP contribution in [-0.4, -0.2) is 28.8 Å². The quantitative estimate of drug-likeness (QED) is 0.667. The number of hydrogen-bond acceptors (Lipinski definition) is 2. The van der Waals surface area contributed by atoms with Gasteiger partial charge >= 0.3 is 0 Å². The standard InChI is InChI=1S/C9H17NOS/c1-12(11)8-7-10-9-5-3-2-4-6-9/h3,5,9-10H,2,4,6-8H2,1H3. The predicted molar refractivity (Wildman–Crippen MR) is 53.7 cm³/mol. The third-order valence-corrected chi connectivity index (χ3v) is 2.83. The van der Waals surface area contributed by atoms with Gasteiger partial charge in [0, 0.05) is 35.4 Å². The van der Waals surface area contributed by atoms with Gasteiger partial charge < -0.3 is 5.32 Å². The van der Waals surface area contributed by atoms with Crippen molar-refractivity contribution in [3.05, 3.63) is 12.2 Å². The number of rotatable bonds is 4. The number of hydrogen-bond donors (Lipinski definition) is 1. The molecule has 1 aliphatic rings. The minimum atomic E-state index is -0.656. The van der Waals surface area contributed by atoms with Crippen molar-refractivity contribution in [1.82, 2.24) is 5.32 Å². The fourth-order valence-electron chi connectivity index (χ4n) is 1.37. The minimum absolute atomic E-state index is 0.530. The highest BCUT2D eigenvalue weighted by atomic mass is 32.2. The first-order valence-electron chi connectivity index (χ1n) is 4.49. The van der Waals surface area contributed by atoms with E-state index >= 15 is 0 Å². The van der Waals surface area contributed by atoms with Crippen molar-refractivity contribution in [2.24, 2.45) is 0 Å². The van der Waals surface area contributed by atoms with Gasteiger partial charge in [-0.3, -0.25) is 4.21 Å². The summed E-state index contributed by atoms with van der Waals surface area (Å²) in [7, 11) is -0.656. The molecule has 0 aliphatic heterocycles. The van der Waals surface area contributed by atoms with E-state index in [4.69, 9.17) is 0 Å². The first-order chi connectivity index (χ1) is 5.79. The SMILES string of the molecule is CS(=O)CCNC1C=CCCC1. The average molecular weight is 187 g/mol. The fourth-order valence-corrected chi connectivity index (χ4v) is 1.78. The predicted octanol–water partition coefficient (Wildman–Crippen LogP) is 1.06. The average Bonchev–Trinajstić information content (AvgIpc) is 2.05. The van der Waals surface area contributed by atoms with E-state index in [-0.39, 0.29) is 0 Å². The summed E-state index contributed by atoms with van der Waals surface area (Å²) in [4.78, 5) is 0. The van der Waals surface area contributed by atoms with Crippen LogP contribution < -0.4 is 5.32 Å². The summed E-state index contributed by atoms with van der Waals surface area (Å²) in [6.07, 6.45) is 9.93. The van der Waals surface area contributed by atoms with Crippen molar-refractivity contribution in [2.75, 3.05) is 18.6 Å². The Morgan fingerprint density at radius 2 is 2.50 bits per heavy atom. The third-order valence-electron chi connectivity index (χ3n) is 2.05. The van der Waals surface area contributed by atoms with Crippen molar-refractivity contribution >= 4 is 10.8 Å². The van der Waals surface area contributed by atoms with Crippen LogP contribution in [0.2, 0.25) is 0 Å². The molecule has 2 nitrogen and oxygen atoms in total. The zero-order valence-corrected chi connectivity index (χ0v) is 8.40. The summed E-state index contributed by atoms with van der Waals surface area (Å²) in [6, 6.07) is 0.530. The summed E-state index contributed by atoms with van der Waals surface area (Å²) in [5.41, 5.74) is 0. The monoisotopic (exact) mass is 187 g/mol. The number of allylic oxidation sites excluding steroid dienone is 1. The Morgan fingerprint density at radius 3 is 3.08 bits per heavy atom. The van der Waals surface area contributed by atoms with Crippen molar-refractivity contribution in [3.8, 4) is 0 Å². The van der Waals surface area contributed by atoms with Gasteiger partial charge in [-0.05, 0) is 19.3 Å². The molecular formula is C9H17NOS. The maximum absolute atomic E-state index is 10.7. The molecule has 0 saturated heterocycles. The van der Waals surface area contributed by atoms with Gasteiger partial charge in [0.05, 0.1) is 0 Å². The van der Waals surface area contributed by atoms with Gasteiger partial charge in [-0.15, -0.1) is 0 Å². The van der Waals surface area contributed by atoms with Crippen molar-refractivity contribution in [1.29, 1.82) is 0 Å². The highest BCUT2D eigenvalue weighted by Gasteiger charge is 2.06. The molecule has 0 amide bonds. The molecule has 1 N–H and O–H groups in total. The molecule has 2 unspecified atom stereocenters. The second-order valence-electron chi connectivity index (χ2n) is 3.20. The Hall–Kier alpha value is -0.150. The maximum Gasteiger partial charge on any atom is 0.0357 e. The molecule has 0 aromatic rings. The third kappa shape index (κ3) is 4.02. The van der Waals surface area contributed by atoms with Gasteiger partial charge in [0.15, 0.2) is 0 Å². The van der Waals surface area contributed by atoms with E-state index in [2.05, 4.69) is 17.5 Å². The molecule has 1 aliphatic carbocycles. The van der Waals surface area contributed by atoms with Crippen LogP contribution in [0.15, 0.2) is 12.2 Å². The highest BCUT2D eigenvalue weighted by molar-refractivity contribution is 7.84. The first kappa shape index (κ1) is 9.93. The lowest BCUT2D eigenvalue weighted by Gasteiger charge is -2.17. The summed E-state index contributed by atoms with van der Waals surface area (Å²) in [6.45, 7) is 0.873. The molecule has 70 valence electrons. The molecule has 2 atom stereocenters. The summed E-state index contributed by atoms with van der Waals surface area (Å²) in [5.74, 6) is 0.768. The lowest BCUT2D eigenvalue weighted by molar-refractivity contribution is 0.537. The molecule has 12 heavy (non-hydrogen) atoms. The van der Waals surface area contributed by atoms with Gasteiger partial charge in [-0.2, -0.15) is 0 Å².